The highest BCUT2D eigenvalue weighted by Gasteiger charge is 2.31. The molecule has 0 radical (unpaired) electrons. The molecule has 0 aromatic carbocycles. The molecule has 3 nitrogen and oxygen atoms in total. The average molecular weight is 267 g/mol. The van der Waals surface area contributed by atoms with Crippen molar-refractivity contribution in [2.24, 2.45) is 5.92 Å². The molecule has 0 spiro atoms. The van der Waals surface area contributed by atoms with Gasteiger partial charge >= 0.3 is 0 Å². The van der Waals surface area contributed by atoms with E-state index in [1.54, 1.807) is 0 Å². The van der Waals surface area contributed by atoms with Gasteiger partial charge in [0, 0.05) is 44.3 Å². The maximum atomic E-state index is 3.68. The second-order valence-corrected chi connectivity index (χ2v) is 7.31. The smallest absolute Gasteiger partial charge is 0.0126 e. The van der Waals surface area contributed by atoms with Crippen LogP contribution in [0, 0.1) is 5.92 Å². The van der Waals surface area contributed by atoms with Gasteiger partial charge < -0.3 is 10.2 Å². The van der Waals surface area contributed by atoms with Crippen molar-refractivity contribution >= 4 is 0 Å². The molecular weight excluding hydrogens is 234 g/mol. The van der Waals surface area contributed by atoms with Gasteiger partial charge in [-0.15, -0.1) is 0 Å². The average Bonchev–Trinajstić information content (AvgIpc) is 2.77. The number of hydrogen-bond donors (Lipinski definition) is 1. The topological polar surface area (TPSA) is 18.5 Å². The lowest BCUT2D eigenvalue weighted by Crippen LogP contribution is -2.54. The van der Waals surface area contributed by atoms with Gasteiger partial charge in [-0.1, -0.05) is 13.3 Å². The van der Waals surface area contributed by atoms with Crippen LogP contribution in [0.4, 0.5) is 0 Å². The Morgan fingerprint density at radius 2 is 1.74 bits per heavy atom. The Balaban J connectivity index is 1.76. The normalized spacial score (nSPS) is 30.9. The van der Waals surface area contributed by atoms with Crippen LogP contribution in [0.15, 0.2) is 0 Å². The van der Waals surface area contributed by atoms with Crippen molar-refractivity contribution in [2.45, 2.75) is 58.5 Å². The Morgan fingerprint density at radius 3 is 2.32 bits per heavy atom. The van der Waals surface area contributed by atoms with E-state index < -0.39 is 0 Å². The predicted molar refractivity (Wildman–Crippen MR) is 82.6 cm³/mol. The van der Waals surface area contributed by atoms with Gasteiger partial charge in [0.25, 0.3) is 0 Å². The van der Waals surface area contributed by atoms with Gasteiger partial charge in [0.05, 0.1) is 0 Å². The van der Waals surface area contributed by atoms with Gasteiger partial charge in [-0.3, -0.25) is 4.90 Å². The zero-order valence-corrected chi connectivity index (χ0v) is 13.4. The summed E-state index contributed by atoms with van der Waals surface area (Å²) < 4.78 is 0. The molecule has 0 bridgehead atoms. The number of nitrogens with zero attached hydrogens (tertiary/aromatic N) is 2. The van der Waals surface area contributed by atoms with Crippen molar-refractivity contribution in [1.29, 1.82) is 0 Å². The fourth-order valence-corrected chi connectivity index (χ4v) is 3.72. The molecule has 3 heteroatoms. The van der Waals surface area contributed by atoms with Gasteiger partial charge in [0.1, 0.15) is 0 Å². The van der Waals surface area contributed by atoms with E-state index >= 15 is 0 Å². The third-order valence-corrected chi connectivity index (χ3v) is 4.94. The largest absolute Gasteiger partial charge is 0.314 e. The maximum Gasteiger partial charge on any atom is 0.0126 e. The van der Waals surface area contributed by atoms with Crippen LogP contribution in [-0.4, -0.2) is 60.6 Å². The van der Waals surface area contributed by atoms with Crippen molar-refractivity contribution in [3.63, 3.8) is 0 Å². The maximum absolute atomic E-state index is 3.68. The summed E-state index contributed by atoms with van der Waals surface area (Å²) in [6.07, 6.45) is 4.24. The summed E-state index contributed by atoms with van der Waals surface area (Å²) in [6.45, 7) is 16.7. The van der Waals surface area contributed by atoms with E-state index in [1.807, 2.05) is 0 Å². The van der Waals surface area contributed by atoms with Crippen LogP contribution in [0.2, 0.25) is 0 Å². The quantitative estimate of drug-likeness (QED) is 0.842. The van der Waals surface area contributed by atoms with E-state index in [0.717, 1.165) is 18.5 Å². The SMILES string of the molecule is CCNC1CCCC1CN1CCN(C(C)(C)C)CC1. The zero-order valence-electron chi connectivity index (χ0n) is 13.4. The standard InChI is InChI=1S/C16H33N3/c1-5-17-15-8-6-7-14(15)13-18-9-11-19(12-10-18)16(2,3)4/h14-15,17H,5-13H2,1-4H3. The molecule has 19 heavy (non-hydrogen) atoms. The van der Waals surface area contributed by atoms with Crippen molar-refractivity contribution in [3.05, 3.63) is 0 Å². The molecule has 1 saturated carbocycles. The first-order chi connectivity index (χ1) is 9.00. The molecule has 1 aliphatic carbocycles. The van der Waals surface area contributed by atoms with Gasteiger partial charge in [0.15, 0.2) is 0 Å². The second-order valence-electron chi connectivity index (χ2n) is 7.31. The molecule has 0 aromatic heterocycles. The van der Waals surface area contributed by atoms with Crippen molar-refractivity contribution in [1.82, 2.24) is 15.1 Å². The molecule has 1 saturated heterocycles. The Morgan fingerprint density at radius 1 is 1.05 bits per heavy atom. The van der Waals surface area contributed by atoms with Crippen LogP contribution in [0.5, 0.6) is 0 Å². The van der Waals surface area contributed by atoms with Crippen LogP contribution in [-0.2, 0) is 0 Å². The summed E-state index contributed by atoms with van der Waals surface area (Å²) in [5.41, 5.74) is 0.339. The predicted octanol–water partition coefficient (Wildman–Crippen LogP) is 2.18. The molecule has 1 aliphatic heterocycles. The first-order valence-electron chi connectivity index (χ1n) is 8.21. The van der Waals surface area contributed by atoms with Crippen molar-refractivity contribution in [3.8, 4) is 0 Å². The van der Waals surface area contributed by atoms with Crippen LogP contribution in [0.3, 0.4) is 0 Å². The second kappa shape index (κ2) is 6.55. The summed E-state index contributed by atoms with van der Waals surface area (Å²) in [4.78, 5) is 5.32. The summed E-state index contributed by atoms with van der Waals surface area (Å²) in [6, 6.07) is 0.783. The number of piperazine rings is 1. The molecule has 2 atom stereocenters. The highest BCUT2D eigenvalue weighted by atomic mass is 15.3. The molecule has 0 aromatic rings. The Kier molecular flexibility index (Phi) is 5.27. The first-order valence-corrected chi connectivity index (χ1v) is 8.21. The van der Waals surface area contributed by atoms with Crippen LogP contribution >= 0.6 is 0 Å². The number of nitrogens with one attached hydrogen (secondary N) is 1. The van der Waals surface area contributed by atoms with E-state index in [2.05, 4.69) is 42.8 Å². The third kappa shape index (κ3) is 4.17. The van der Waals surface area contributed by atoms with E-state index in [9.17, 15) is 0 Å². The number of rotatable bonds is 4. The molecule has 2 rings (SSSR count). The molecule has 112 valence electrons. The third-order valence-electron chi connectivity index (χ3n) is 4.94. The summed E-state index contributed by atoms with van der Waals surface area (Å²) in [7, 11) is 0. The highest BCUT2D eigenvalue weighted by Crippen LogP contribution is 2.27. The fraction of sp³-hybridized carbons (Fsp3) is 1.00. The summed E-state index contributed by atoms with van der Waals surface area (Å²) in [5, 5.41) is 3.68. The lowest BCUT2D eigenvalue weighted by Gasteiger charge is -2.43. The molecule has 0 amide bonds. The van der Waals surface area contributed by atoms with E-state index in [4.69, 9.17) is 0 Å². The molecule has 2 aliphatic rings. The molecule has 2 fully saturated rings. The zero-order chi connectivity index (χ0) is 13.9. The van der Waals surface area contributed by atoms with Crippen LogP contribution < -0.4 is 5.32 Å². The van der Waals surface area contributed by atoms with Gasteiger partial charge in [-0.25, -0.2) is 0 Å². The van der Waals surface area contributed by atoms with Crippen LogP contribution in [0.25, 0.3) is 0 Å². The number of hydrogen-bond acceptors (Lipinski definition) is 3. The molecule has 1 heterocycles. The lowest BCUT2D eigenvalue weighted by molar-refractivity contribution is 0.0537. The van der Waals surface area contributed by atoms with Gasteiger partial charge in [-0.05, 0) is 46.1 Å². The van der Waals surface area contributed by atoms with E-state index in [0.29, 0.717) is 5.54 Å². The fourth-order valence-electron chi connectivity index (χ4n) is 3.72. The summed E-state index contributed by atoms with van der Waals surface area (Å²) in [5.74, 6) is 0.890. The van der Waals surface area contributed by atoms with Gasteiger partial charge in [0.2, 0.25) is 0 Å². The Bertz CT molecular complexity index is 264. The summed E-state index contributed by atoms with van der Waals surface area (Å²) >= 11 is 0. The minimum Gasteiger partial charge on any atom is -0.314 e. The van der Waals surface area contributed by atoms with E-state index in [-0.39, 0.29) is 0 Å². The molecule has 2 unspecified atom stereocenters. The van der Waals surface area contributed by atoms with Crippen molar-refractivity contribution in [2.75, 3.05) is 39.3 Å². The van der Waals surface area contributed by atoms with E-state index in [1.165, 1.54) is 52.0 Å². The molecular formula is C16H33N3. The highest BCUT2D eigenvalue weighted by molar-refractivity contribution is 4.87. The Hall–Kier alpha value is -0.120. The minimum atomic E-state index is 0.339. The van der Waals surface area contributed by atoms with Gasteiger partial charge in [-0.2, -0.15) is 0 Å². The van der Waals surface area contributed by atoms with Crippen LogP contribution in [0.1, 0.15) is 47.0 Å². The van der Waals surface area contributed by atoms with Crippen molar-refractivity contribution < 1.29 is 0 Å². The minimum absolute atomic E-state index is 0.339. The Labute approximate surface area is 119 Å². The molecule has 1 N–H and O–H groups in total. The monoisotopic (exact) mass is 267 g/mol. The lowest BCUT2D eigenvalue weighted by atomic mass is 10.0. The first kappa shape index (κ1) is 15.3.